The van der Waals surface area contributed by atoms with Gasteiger partial charge in [0, 0.05) is 36.5 Å². The molecular formula is C24H22F3N5O5S3. The lowest BCUT2D eigenvalue weighted by molar-refractivity contribution is -0.0493. The molecule has 1 saturated heterocycles. The van der Waals surface area contributed by atoms with Crippen molar-refractivity contribution < 1.29 is 36.4 Å². The van der Waals surface area contributed by atoms with E-state index >= 15 is 0 Å². The Morgan fingerprint density at radius 2 is 1.95 bits per heavy atom. The van der Waals surface area contributed by atoms with Gasteiger partial charge in [-0.3, -0.25) is 0 Å². The monoisotopic (exact) mass is 613 g/mol. The quantitative estimate of drug-likeness (QED) is 0.206. The van der Waals surface area contributed by atoms with E-state index in [1.807, 2.05) is 11.4 Å². The molecule has 1 fully saturated rings. The van der Waals surface area contributed by atoms with Crippen LogP contribution in [0.3, 0.4) is 0 Å². The summed E-state index contributed by atoms with van der Waals surface area (Å²) in [5.74, 6) is 1.66. The maximum absolute atomic E-state index is 12.8. The molecule has 212 valence electrons. The maximum atomic E-state index is 12.8. The number of ether oxygens (including phenoxy) is 3. The Labute approximate surface area is 236 Å². The zero-order chi connectivity index (χ0) is 28.0. The third-order valence-electron chi connectivity index (χ3n) is 6.44. The van der Waals surface area contributed by atoms with Crippen LogP contribution in [-0.2, 0) is 18.0 Å². The number of piperidine rings is 1. The molecule has 1 aliphatic heterocycles. The van der Waals surface area contributed by atoms with Crippen molar-refractivity contribution in [3.63, 3.8) is 0 Å². The van der Waals surface area contributed by atoms with E-state index in [0.717, 1.165) is 14.7 Å². The molecule has 40 heavy (non-hydrogen) atoms. The van der Waals surface area contributed by atoms with Crippen LogP contribution in [0.5, 0.6) is 16.7 Å². The molecule has 5 aromatic rings. The summed E-state index contributed by atoms with van der Waals surface area (Å²) in [4.78, 5) is 9.91. The van der Waals surface area contributed by atoms with E-state index in [4.69, 9.17) is 18.6 Å². The third kappa shape index (κ3) is 5.33. The SMILES string of the molecule is COc1cc(OCc2csc(C3CCN([S+]([O-])C(F)(F)F)CC3)n2)c2cc(-c3cn4nc(OC)sc4n3)oc2c1. The van der Waals surface area contributed by atoms with Gasteiger partial charge in [0.05, 0.1) is 36.5 Å². The fourth-order valence-corrected chi connectivity index (χ4v) is 6.98. The summed E-state index contributed by atoms with van der Waals surface area (Å²) in [7, 11) is 3.11. The third-order valence-corrected chi connectivity index (χ3v) is 9.61. The summed E-state index contributed by atoms with van der Waals surface area (Å²) in [5.41, 5.74) is -2.86. The molecule has 1 aromatic carbocycles. The number of thiazole rings is 1. The van der Waals surface area contributed by atoms with E-state index in [0.29, 0.717) is 57.2 Å². The van der Waals surface area contributed by atoms with Crippen LogP contribution in [0, 0.1) is 0 Å². The molecule has 1 atom stereocenters. The van der Waals surface area contributed by atoms with Crippen LogP contribution in [0.1, 0.15) is 29.5 Å². The van der Waals surface area contributed by atoms with Crippen molar-refractivity contribution in [3.8, 4) is 28.1 Å². The number of methoxy groups -OCH3 is 2. The first kappa shape index (κ1) is 27.1. The minimum Gasteiger partial charge on any atom is -0.591 e. The van der Waals surface area contributed by atoms with E-state index in [9.17, 15) is 17.7 Å². The number of fused-ring (bicyclic) bond motifs is 2. The Balaban J connectivity index is 1.16. The van der Waals surface area contributed by atoms with E-state index in [-0.39, 0.29) is 25.6 Å². The standard InChI is InChI=1S/C24H22F3N5O5S3/c1-34-15-7-18(16-9-20(37-19(16)8-15)17-10-32-22(29-17)39-23(30-32)35-2)36-11-14-12-38-21(28-14)13-3-5-31(6-4-13)40(33)24(25,26)27/h7-10,12-13H,3-6,11H2,1-2H3. The van der Waals surface area contributed by atoms with Gasteiger partial charge >= 0.3 is 5.51 Å². The van der Waals surface area contributed by atoms with Crippen LogP contribution in [0.15, 0.2) is 34.2 Å². The smallest absolute Gasteiger partial charge is 0.591 e. The van der Waals surface area contributed by atoms with Gasteiger partial charge in [-0.1, -0.05) is 0 Å². The van der Waals surface area contributed by atoms with Crippen LogP contribution in [0.25, 0.3) is 27.4 Å². The lowest BCUT2D eigenvalue weighted by atomic mass is 9.99. The molecule has 0 aliphatic carbocycles. The molecule has 0 amide bonds. The Kier molecular flexibility index (Phi) is 7.28. The maximum Gasteiger partial charge on any atom is 0.593 e. The lowest BCUT2D eigenvalue weighted by Gasteiger charge is -2.30. The van der Waals surface area contributed by atoms with Gasteiger partial charge < -0.3 is 23.2 Å². The van der Waals surface area contributed by atoms with Crippen molar-refractivity contribution in [2.24, 2.45) is 0 Å². The molecule has 0 bridgehead atoms. The first-order valence-corrected chi connectivity index (χ1v) is 14.8. The molecular weight excluding hydrogens is 591 g/mol. The van der Waals surface area contributed by atoms with Crippen molar-refractivity contribution >= 4 is 50.0 Å². The fourth-order valence-electron chi connectivity index (χ4n) is 4.47. The van der Waals surface area contributed by atoms with E-state index in [1.54, 1.807) is 37.1 Å². The Morgan fingerprint density at radius 1 is 1.15 bits per heavy atom. The van der Waals surface area contributed by atoms with Gasteiger partial charge in [0.25, 0.3) is 5.19 Å². The van der Waals surface area contributed by atoms with Crippen molar-refractivity contribution in [2.45, 2.75) is 30.9 Å². The van der Waals surface area contributed by atoms with Gasteiger partial charge in [-0.15, -0.1) is 33.9 Å². The van der Waals surface area contributed by atoms with Crippen molar-refractivity contribution in [3.05, 3.63) is 40.5 Å². The first-order chi connectivity index (χ1) is 19.2. The van der Waals surface area contributed by atoms with E-state index < -0.39 is 16.9 Å². The summed E-state index contributed by atoms with van der Waals surface area (Å²) >= 11 is -0.214. The number of furan rings is 1. The Morgan fingerprint density at radius 3 is 2.65 bits per heavy atom. The molecule has 6 rings (SSSR count). The predicted octanol–water partition coefficient (Wildman–Crippen LogP) is 5.62. The number of hydrogen-bond donors (Lipinski definition) is 0. The molecule has 0 saturated carbocycles. The molecule has 5 heterocycles. The average molecular weight is 614 g/mol. The normalized spacial score (nSPS) is 16.1. The van der Waals surface area contributed by atoms with Crippen LogP contribution < -0.4 is 14.2 Å². The van der Waals surface area contributed by atoms with Gasteiger partial charge in [0.2, 0.25) is 4.96 Å². The zero-order valence-electron chi connectivity index (χ0n) is 21.1. The highest BCUT2D eigenvalue weighted by Gasteiger charge is 2.50. The largest absolute Gasteiger partial charge is 0.593 e. The topological polar surface area (TPSA) is 110 Å². The van der Waals surface area contributed by atoms with Gasteiger partial charge in [-0.05, 0) is 30.2 Å². The summed E-state index contributed by atoms with van der Waals surface area (Å²) in [6, 6.07) is 5.38. The van der Waals surface area contributed by atoms with Gasteiger partial charge in [0.1, 0.15) is 29.4 Å². The predicted molar refractivity (Wildman–Crippen MR) is 143 cm³/mol. The van der Waals surface area contributed by atoms with Crippen molar-refractivity contribution in [1.82, 2.24) is 23.9 Å². The lowest BCUT2D eigenvalue weighted by Crippen LogP contribution is -2.44. The van der Waals surface area contributed by atoms with Crippen LogP contribution in [-0.4, -0.2) is 61.3 Å². The molecule has 0 N–H and O–H groups in total. The number of benzene rings is 1. The Hall–Kier alpha value is -3.05. The number of imidazole rings is 1. The molecule has 1 unspecified atom stereocenters. The first-order valence-electron chi connectivity index (χ1n) is 12.0. The Bertz CT molecular complexity index is 1610. The highest BCUT2D eigenvalue weighted by Crippen LogP contribution is 2.38. The number of rotatable bonds is 8. The number of halogens is 3. The number of alkyl halides is 3. The second-order valence-corrected chi connectivity index (χ2v) is 12.2. The molecule has 10 nitrogen and oxygen atoms in total. The molecule has 0 radical (unpaired) electrons. The van der Waals surface area contributed by atoms with E-state index in [1.165, 1.54) is 22.7 Å². The molecule has 4 aromatic heterocycles. The summed E-state index contributed by atoms with van der Waals surface area (Å²) in [6.45, 7) is 0.385. The minimum atomic E-state index is -4.74. The molecule has 0 spiro atoms. The van der Waals surface area contributed by atoms with Crippen LogP contribution in [0.4, 0.5) is 13.2 Å². The van der Waals surface area contributed by atoms with Crippen LogP contribution in [0.2, 0.25) is 0 Å². The highest BCUT2D eigenvalue weighted by atomic mass is 32.2. The minimum absolute atomic E-state index is 0.0131. The number of aromatic nitrogens is 4. The van der Waals surface area contributed by atoms with Gasteiger partial charge in [0.15, 0.2) is 17.1 Å². The van der Waals surface area contributed by atoms with Crippen molar-refractivity contribution in [2.75, 3.05) is 27.3 Å². The molecule has 16 heteroatoms. The fraction of sp³-hybridized carbons (Fsp3) is 0.375. The average Bonchev–Trinajstić information content (AvgIpc) is 3.73. The zero-order valence-corrected chi connectivity index (χ0v) is 23.6. The summed E-state index contributed by atoms with van der Waals surface area (Å²) in [5, 5.41) is 8.25. The second-order valence-electron chi connectivity index (χ2n) is 8.94. The second kappa shape index (κ2) is 10.7. The summed E-state index contributed by atoms with van der Waals surface area (Å²) in [6.07, 6.45) is 2.67. The van der Waals surface area contributed by atoms with Crippen molar-refractivity contribution in [1.29, 1.82) is 0 Å². The van der Waals surface area contributed by atoms with Gasteiger partial charge in [-0.25, -0.2) is 14.5 Å². The molecule has 1 aliphatic rings. The number of nitrogens with zero attached hydrogens (tertiary/aromatic N) is 5. The highest BCUT2D eigenvalue weighted by molar-refractivity contribution is 7.89. The van der Waals surface area contributed by atoms with E-state index in [2.05, 4.69) is 15.1 Å². The summed E-state index contributed by atoms with van der Waals surface area (Å²) < 4.78 is 75.4. The number of hydrogen-bond acceptors (Lipinski definition) is 11. The van der Waals surface area contributed by atoms with Gasteiger partial charge in [-0.2, -0.15) is 0 Å². The van der Waals surface area contributed by atoms with Crippen LogP contribution >= 0.6 is 22.7 Å².